The Labute approximate surface area is 90.3 Å². The van der Waals surface area contributed by atoms with Crippen LogP contribution in [0.3, 0.4) is 0 Å². The minimum Gasteiger partial charge on any atom is -0.497 e. The Morgan fingerprint density at radius 3 is 2.57 bits per heavy atom. The van der Waals surface area contributed by atoms with E-state index in [0.29, 0.717) is 6.04 Å². The van der Waals surface area contributed by atoms with E-state index >= 15 is 0 Å². The molecule has 1 N–H and O–H groups in total. The van der Waals surface area contributed by atoms with Crippen molar-refractivity contribution in [3.63, 3.8) is 0 Å². The molecule has 3 heteroatoms. The number of benzene rings is 1. The number of nitrogens with one attached hydrogen (secondary N) is 1. The number of rotatable bonds is 5. The van der Waals surface area contributed by atoms with Crippen molar-refractivity contribution >= 4 is 23.3 Å². The molecule has 14 heavy (non-hydrogen) atoms. The lowest BCUT2D eigenvalue weighted by Crippen LogP contribution is -2.14. The Bertz CT molecular complexity index is 284. The maximum absolute atomic E-state index is 5.07. The summed E-state index contributed by atoms with van der Waals surface area (Å²) in [6.45, 7) is 2.10. The van der Waals surface area contributed by atoms with Crippen LogP contribution in [0.2, 0.25) is 0 Å². The highest BCUT2D eigenvalue weighted by Gasteiger charge is 1.99. The molecule has 1 aromatic rings. The van der Waals surface area contributed by atoms with E-state index in [2.05, 4.69) is 12.2 Å². The number of ether oxygens (including phenoxy) is 1. The molecule has 0 saturated carbocycles. The quantitative estimate of drug-likeness (QED) is 0.753. The molecule has 0 fully saturated rings. The minimum atomic E-state index is 0.376. The Morgan fingerprint density at radius 1 is 1.43 bits per heavy atom. The third-order valence-corrected chi connectivity index (χ3v) is 2.15. The summed E-state index contributed by atoms with van der Waals surface area (Å²) in [5.41, 5.74) is 1.09. The average Bonchev–Trinajstić information content (AvgIpc) is 2.19. The van der Waals surface area contributed by atoms with E-state index in [1.165, 1.54) is 0 Å². The molecule has 0 amide bonds. The van der Waals surface area contributed by atoms with Crippen LogP contribution >= 0.6 is 12.2 Å². The zero-order valence-corrected chi connectivity index (χ0v) is 9.30. The lowest BCUT2D eigenvalue weighted by molar-refractivity contribution is 0.415. The first-order valence-electron chi connectivity index (χ1n) is 4.60. The van der Waals surface area contributed by atoms with Gasteiger partial charge in [-0.2, -0.15) is 0 Å². The second kappa shape index (κ2) is 5.60. The molecule has 0 saturated heterocycles. The highest BCUT2D eigenvalue weighted by Crippen LogP contribution is 2.15. The highest BCUT2D eigenvalue weighted by atomic mass is 32.1. The van der Waals surface area contributed by atoms with Gasteiger partial charge in [0.2, 0.25) is 0 Å². The van der Waals surface area contributed by atoms with E-state index in [0.717, 1.165) is 17.9 Å². The fraction of sp³-hybridized carbons (Fsp3) is 0.364. The molecule has 0 aromatic heterocycles. The smallest absolute Gasteiger partial charge is 0.119 e. The molecule has 1 unspecified atom stereocenters. The van der Waals surface area contributed by atoms with Crippen LogP contribution in [-0.2, 0) is 0 Å². The van der Waals surface area contributed by atoms with Crippen LogP contribution < -0.4 is 10.1 Å². The summed E-state index contributed by atoms with van der Waals surface area (Å²) in [5, 5.41) is 5.09. The molecule has 1 rings (SSSR count). The minimum absolute atomic E-state index is 0.376. The van der Waals surface area contributed by atoms with Crippen LogP contribution in [0.15, 0.2) is 24.3 Å². The molecule has 0 radical (unpaired) electrons. The molecule has 1 atom stereocenters. The van der Waals surface area contributed by atoms with Gasteiger partial charge in [-0.3, -0.25) is 0 Å². The SMILES string of the molecule is COc1ccc(NC(C)CC=S)cc1. The number of thiocarbonyl (C=S) groups is 1. The first kappa shape index (κ1) is 11.0. The molecular formula is C11H15NOS. The van der Waals surface area contributed by atoms with Crippen molar-refractivity contribution in [2.24, 2.45) is 0 Å². The lowest BCUT2D eigenvalue weighted by Gasteiger charge is -2.12. The Balaban J connectivity index is 2.54. The van der Waals surface area contributed by atoms with Gasteiger partial charge in [0.25, 0.3) is 0 Å². The van der Waals surface area contributed by atoms with Crippen molar-refractivity contribution in [2.45, 2.75) is 19.4 Å². The third-order valence-electron chi connectivity index (χ3n) is 1.95. The van der Waals surface area contributed by atoms with Crippen LogP contribution in [-0.4, -0.2) is 18.5 Å². The van der Waals surface area contributed by atoms with E-state index in [9.17, 15) is 0 Å². The van der Waals surface area contributed by atoms with Crippen molar-refractivity contribution in [2.75, 3.05) is 12.4 Å². The van der Waals surface area contributed by atoms with Gasteiger partial charge in [-0.1, -0.05) is 12.2 Å². The number of hydrogen-bond donors (Lipinski definition) is 1. The maximum Gasteiger partial charge on any atom is 0.119 e. The van der Waals surface area contributed by atoms with Crippen LogP contribution in [0.25, 0.3) is 0 Å². The molecule has 0 aliphatic rings. The van der Waals surface area contributed by atoms with E-state index in [1.54, 1.807) is 12.5 Å². The number of methoxy groups -OCH3 is 1. The summed E-state index contributed by atoms with van der Waals surface area (Å²) in [6, 6.07) is 8.25. The van der Waals surface area contributed by atoms with E-state index in [4.69, 9.17) is 17.0 Å². The summed E-state index contributed by atoms with van der Waals surface area (Å²) in [7, 11) is 1.66. The van der Waals surface area contributed by atoms with Gasteiger partial charge in [-0.15, -0.1) is 0 Å². The van der Waals surface area contributed by atoms with Crippen LogP contribution in [0.1, 0.15) is 13.3 Å². The molecule has 0 bridgehead atoms. The summed E-state index contributed by atoms with van der Waals surface area (Å²) < 4.78 is 5.07. The number of anilines is 1. The molecule has 0 aliphatic carbocycles. The van der Waals surface area contributed by atoms with Crippen LogP contribution in [0.5, 0.6) is 5.75 Å². The zero-order chi connectivity index (χ0) is 10.4. The summed E-state index contributed by atoms with van der Waals surface area (Å²) >= 11 is 4.80. The second-order valence-corrected chi connectivity index (χ2v) is 3.51. The first-order valence-corrected chi connectivity index (χ1v) is 5.07. The maximum atomic E-state index is 5.07. The van der Waals surface area contributed by atoms with E-state index < -0.39 is 0 Å². The Kier molecular flexibility index (Phi) is 4.40. The van der Waals surface area contributed by atoms with Gasteiger partial charge in [0, 0.05) is 11.7 Å². The first-order chi connectivity index (χ1) is 6.76. The van der Waals surface area contributed by atoms with Crippen molar-refractivity contribution < 1.29 is 4.74 Å². The Hall–Kier alpha value is -1.09. The fourth-order valence-electron chi connectivity index (χ4n) is 1.18. The predicted octanol–water partition coefficient (Wildman–Crippen LogP) is 2.89. The van der Waals surface area contributed by atoms with Crippen LogP contribution in [0.4, 0.5) is 5.69 Å². The Morgan fingerprint density at radius 2 is 2.07 bits per heavy atom. The van der Waals surface area contributed by atoms with E-state index in [-0.39, 0.29) is 0 Å². The molecular weight excluding hydrogens is 194 g/mol. The fourth-order valence-corrected chi connectivity index (χ4v) is 1.46. The standard InChI is InChI=1S/C11H15NOS/c1-9(7-8-14)12-10-3-5-11(13-2)6-4-10/h3-6,8-9,12H,7H2,1-2H3. The van der Waals surface area contributed by atoms with Gasteiger partial charge < -0.3 is 10.1 Å². The van der Waals surface area contributed by atoms with Gasteiger partial charge >= 0.3 is 0 Å². The van der Waals surface area contributed by atoms with Gasteiger partial charge in [-0.25, -0.2) is 0 Å². The molecule has 0 spiro atoms. The van der Waals surface area contributed by atoms with Gasteiger partial charge in [0.05, 0.1) is 7.11 Å². The molecule has 76 valence electrons. The zero-order valence-electron chi connectivity index (χ0n) is 8.49. The highest BCUT2D eigenvalue weighted by molar-refractivity contribution is 7.78. The van der Waals surface area contributed by atoms with E-state index in [1.807, 2.05) is 24.3 Å². The summed E-state index contributed by atoms with van der Waals surface area (Å²) in [6.07, 6.45) is 0.890. The van der Waals surface area contributed by atoms with Gasteiger partial charge in [0.15, 0.2) is 0 Å². The third kappa shape index (κ3) is 3.34. The van der Waals surface area contributed by atoms with Gasteiger partial charge in [-0.05, 0) is 43.0 Å². The predicted molar refractivity (Wildman–Crippen MR) is 64.4 cm³/mol. The van der Waals surface area contributed by atoms with Crippen molar-refractivity contribution in [1.29, 1.82) is 0 Å². The van der Waals surface area contributed by atoms with Crippen LogP contribution in [0, 0.1) is 0 Å². The van der Waals surface area contributed by atoms with Gasteiger partial charge in [0.1, 0.15) is 5.75 Å². The van der Waals surface area contributed by atoms with Crippen molar-refractivity contribution in [1.82, 2.24) is 0 Å². The summed E-state index contributed by atoms with van der Waals surface area (Å²) in [4.78, 5) is 0. The second-order valence-electron chi connectivity index (χ2n) is 3.18. The molecule has 0 heterocycles. The van der Waals surface area contributed by atoms with Crippen molar-refractivity contribution in [3.8, 4) is 5.75 Å². The van der Waals surface area contributed by atoms with Crippen molar-refractivity contribution in [3.05, 3.63) is 24.3 Å². The lowest BCUT2D eigenvalue weighted by atomic mass is 10.2. The largest absolute Gasteiger partial charge is 0.497 e. The molecule has 2 nitrogen and oxygen atoms in total. The number of hydrogen-bond acceptors (Lipinski definition) is 3. The monoisotopic (exact) mass is 209 g/mol. The molecule has 1 aromatic carbocycles. The average molecular weight is 209 g/mol. The molecule has 0 aliphatic heterocycles. The topological polar surface area (TPSA) is 21.3 Å². The summed E-state index contributed by atoms with van der Waals surface area (Å²) in [5.74, 6) is 0.873. The normalized spacial score (nSPS) is 11.9.